The Morgan fingerprint density at radius 3 is 2.30 bits per heavy atom. The van der Waals surface area contributed by atoms with Gasteiger partial charge in [0.05, 0.1) is 5.56 Å². The quantitative estimate of drug-likeness (QED) is 0.855. The van der Waals surface area contributed by atoms with Gasteiger partial charge in [0.1, 0.15) is 0 Å². The smallest absolute Gasteiger partial charge is 0.256 e. The van der Waals surface area contributed by atoms with Gasteiger partial charge in [0, 0.05) is 43.3 Å². The molecule has 1 aromatic heterocycles. The zero-order valence-corrected chi connectivity index (χ0v) is 13.9. The van der Waals surface area contributed by atoms with E-state index in [1.54, 1.807) is 12.4 Å². The zero-order chi connectivity index (χ0) is 16.4. The number of hydrogen-bond acceptors (Lipinski definition) is 3. The van der Waals surface area contributed by atoms with Crippen LogP contribution in [0.3, 0.4) is 0 Å². The van der Waals surface area contributed by atoms with E-state index < -0.39 is 0 Å². The average Bonchev–Trinajstić information content (AvgIpc) is 2.55. The molecule has 2 heterocycles. The summed E-state index contributed by atoms with van der Waals surface area (Å²) in [6, 6.07) is 12.6. The van der Waals surface area contributed by atoms with E-state index in [1.807, 2.05) is 17.0 Å². The molecule has 1 amide bonds. The lowest BCUT2D eigenvalue weighted by molar-refractivity contribution is 0.0574. The van der Waals surface area contributed by atoms with Crippen LogP contribution in [0.1, 0.15) is 29.8 Å². The highest BCUT2D eigenvalue weighted by Gasteiger charge is 2.33. The summed E-state index contributed by atoms with van der Waals surface area (Å²) in [5.41, 5.74) is 3.15. The Hall–Kier alpha value is -2.36. The normalized spacial score (nSPS) is 21.3. The minimum absolute atomic E-state index is 0.0710. The number of aromatic nitrogens is 1. The summed E-state index contributed by atoms with van der Waals surface area (Å²) in [5.74, 6) is 0.0710. The molecule has 0 radical (unpaired) electrons. The molecule has 3 rings (SSSR count). The molecular weight excluding hydrogens is 286 g/mol. The molecule has 0 unspecified atom stereocenters. The Kier molecular flexibility index (Phi) is 4.33. The summed E-state index contributed by atoms with van der Waals surface area (Å²) in [6.07, 6.45) is 3.34. The summed E-state index contributed by atoms with van der Waals surface area (Å²) in [6.45, 7) is 8.02. The first-order valence-corrected chi connectivity index (χ1v) is 8.10. The number of carbonyl (C=O) groups excluding carboxylic acids is 1. The minimum Gasteiger partial charge on any atom is -0.367 e. The van der Waals surface area contributed by atoms with E-state index in [-0.39, 0.29) is 18.0 Å². The van der Waals surface area contributed by atoms with Gasteiger partial charge in [-0.2, -0.15) is 0 Å². The third kappa shape index (κ3) is 3.21. The number of anilines is 1. The van der Waals surface area contributed by atoms with Crippen LogP contribution in [0.4, 0.5) is 5.69 Å². The highest BCUT2D eigenvalue weighted by atomic mass is 16.2. The molecule has 0 saturated carbocycles. The van der Waals surface area contributed by atoms with Crippen LogP contribution in [0.2, 0.25) is 0 Å². The van der Waals surface area contributed by atoms with Crippen LogP contribution >= 0.6 is 0 Å². The molecular formula is C19H23N3O. The second kappa shape index (κ2) is 6.41. The van der Waals surface area contributed by atoms with Crippen molar-refractivity contribution in [3.8, 4) is 0 Å². The molecule has 120 valence electrons. The van der Waals surface area contributed by atoms with Gasteiger partial charge >= 0.3 is 0 Å². The number of piperazine rings is 1. The van der Waals surface area contributed by atoms with Gasteiger partial charge in [-0.3, -0.25) is 9.78 Å². The number of amides is 1. The van der Waals surface area contributed by atoms with Crippen molar-refractivity contribution >= 4 is 11.6 Å². The fourth-order valence-corrected chi connectivity index (χ4v) is 3.33. The first kappa shape index (κ1) is 15.5. The second-order valence-corrected chi connectivity index (χ2v) is 6.39. The number of aryl methyl sites for hydroxylation is 1. The predicted octanol–water partition coefficient (Wildman–Crippen LogP) is 3.13. The number of benzene rings is 1. The molecule has 0 aliphatic carbocycles. The van der Waals surface area contributed by atoms with Gasteiger partial charge in [-0.1, -0.05) is 17.7 Å². The van der Waals surface area contributed by atoms with Crippen LogP contribution in [-0.2, 0) is 0 Å². The van der Waals surface area contributed by atoms with E-state index >= 15 is 0 Å². The molecule has 23 heavy (non-hydrogen) atoms. The molecule has 0 N–H and O–H groups in total. The van der Waals surface area contributed by atoms with E-state index in [4.69, 9.17) is 0 Å². The van der Waals surface area contributed by atoms with Gasteiger partial charge in [-0.25, -0.2) is 0 Å². The largest absolute Gasteiger partial charge is 0.367 e. The first-order valence-electron chi connectivity index (χ1n) is 8.10. The van der Waals surface area contributed by atoms with Gasteiger partial charge in [-0.15, -0.1) is 0 Å². The maximum Gasteiger partial charge on any atom is 0.256 e. The van der Waals surface area contributed by atoms with Gasteiger partial charge < -0.3 is 9.80 Å². The van der Waals surface area contributed by atoms with Crippen molar-refractivity contribution in [1.29, 1.82) is 0 Å². The number of carbonyl (C=O) groups is 1. The van der Waals surface area contributed by atoms with Crippen molar-refractivity contribution in [1.82, 2.24) is 9.88 Å². The fourth-order valence-electron chi connectivity index (χ4n) is 3.33. The first-order chi connectivity index (χ1) is 11.1. The Labute approximate surface area is 137 Å². The highest BCUT2D eigenvalue weighted by Crippen LogP contribution is 2.24. The minimum atomic E-state index is 0.0710. The maximum atomic E-state index is 12.8. The Morgan fingerprint density at radius 2 is 1.74 bits per heavy atom. The molecule has 4 nitrogen and oxygen atoms in total. The predicted molar refractivity (Wildman–Crippen MR) is 92.7 cm³/mol. The lowest BCUT2D eigenvalue weighted by Crippen LogP contribution is -2.58. The Morgan fingerprint density at radius 1 is 1.09 bits per heavy atom. The zero-order valence-electron chi connectivity index (χ0n) is 13.9. The van der Waals surface area contributed by atoms with Crippen LogP contribution in [0, 0.1) is 6.92 Å². The number of nitrogens with zero attached hydrogens (tertiary/aromatic N) is 3. The molecule has 1 aromatic carbocycles. The topological polar surface area (TPSA) is 36.4 Å². The highest BCUT2D eigenvalue weighted by molar-refractivity contribution is 5.94. The van der Waals surface area contributed by atoms with Crippen molar-refractivity contribution in [3.05, 3.63) is 59.9 Å². The van der Waals surface area contributed by atoms with Gasteiger partial charge in [0.25, 0.3) is 5.91 Å². The van der Waals surface area contributed by atoms with E-state index in [1.165, 1.54) is 11.3 Å². The number of pyridine rings is 1. The SMILES string of the molecule is Cc1ccc(N2C[C@@H](C)N(C(=O)c3cccnc3)[C@@H](C)C2)cc1. The van der Waals surface area contributed by atoms with Crippen LogP contribution in [0.5, 0.6) is 0 Å². The van der Waals surface area contributed by atoms with E-state index in [0.717, 1.165) is 13.1 Å². The lowest BCUT2D eigenvalue weighted by Gasteiger charge is -2.45. The standard InChI is InChI=1S/C19H23N3O/c1-14-6-8-18(9-7-14)21-12-15(2)22(16(3)13-21)19(23)17-5-4-10-20-11-17/h4-11,15-16H,12-13H2,1-3H3/t15-,16+. The lowest BCUT2D eigenvalue weighted by atomic mass is 10.0. The van der Waals surface area contributed by atoms with E-state index in [9.17, 15) is 4.79 Å². The summed E-state index contributed by atoms with van der Waals surface area (Å²) < 4.78 is 0. The molecule has 0 bridgehead atoms. The van der Waals surface area contributed by atoms with Crippen molar-refractivity contribution in [2.45, 2.75) is 32.9 Å². The fraction of sp³-hybridized carbons (Fsp3) is 0.368. The molecule has 0 spiro atoms. The Bertz CT molecular complexity index is 657. The number of hydrogen-bond donors (Lipinski definition) is 0. The van der Waals surface area contributed by atoms with E-state index in [0.29, 0.717) is 5.56 Å². The Balaban J connectivity index is 1.77. The van der Waals surface area contributed by atoms with Crippen LogP contribution in [-0.4, -0.2) is 41.0 Å². The average molecular weight is 309 g/mol. The van der Waals surface area contributed by atoms with Gasteiger partial charge in [0.2, 0.25) is 0 Å². The van der Waals surface area contributed by atoms with Gasteiger partial charge in [-0.05, 0) is 45.0 Å². The summed E-state index contributed by atoms with van der Waals surface area (Å²) in [5, 5.41) is 0. The van der Waals surface area contributed by atoms with Gasteiger partial charge in [0.15, 0.2) is 0 Å². The van der Waals surface area contributed by atoms with Crippen LogP contribution in [0.25, 0.3) is 0 Å². The molecule has 4 heteroatoms. The summed E-state index contributed by atoms with van der Waals surface area (Å²) in [7, 11) is 0. The van der Waals surface area contributed by atoms with Crippen LogP contribution < -0.4 is 4.90 Å². The van der Waals surface area contributed by atoms with Crippen LogP contribution in [0.15, 0.2) is 48.8 Å². The van der Waals surface area contributed by atoms with E-state index in [2.05, 4.69) is 54.9 Å². The third-order valence-electron chi connectivity index (χ3n) is 4.46. The van der Waals surface area contributed by atoms with Crippen molar-refractivity contribution in [2.75, 3.05) is 18.0 Å². The summed E-state index contributed by atoms with van der Waals surface area (Å²) in [4.78, 5) is 21.2. The van der Waals surface area contributed by atoms with Crippen molar-refractivity contribution in [3.63, 3.8) is 0 Å². The monoisotopic (exact) mass is 309 g/mol. The second-order valence-electron chi connectivity index (χ2n) is 6.39. The van der Waals surface area contributed by atoms with Crippen molar-refractivity contribution < 1.29 is 4.79 Å². The van der Waals surface area contributed by atoms with Crippen molar-refractivity contribution in [2.24, 2.45) is 0 Å². The molecule has 1 saturated heterocycles. The maximum absolute atomic E-state index is 12.8. The molecule has 2 aromatic rings. The molecule has 1 aliphatic rings. The third-order valence-corrected chi connectivity index (χ3v) is 4.46. The molecule has 2 atom stereocenters. The summed E-state index contributed by atoms with van der Waals surface area (Å²) >= 11 is 0. The molecule has 1 fully saturated rings. The molecule has 1 aliphatic heterocycles. The number of rotatable bonds is 2.